The highest BCUT2D eigenvalue weighted by molar-refractivity contribution is 5.85. The number of benzene rings is 1. The molecule has 5 fully saturated rings. The number of hydrogen-bond donors (Lipinski definition) is 2. The van der Waals surface area contributed by atoms with Crippen LogP contribution in [0.25, 0.3) is 6.08 Å². The van der Waals surface area contributed by atoms with Crippen LogP contribution in [0, 0.1) is 28.6 Å². The number of carboxylic acid groups (broad SMARTS) is 2. The molecule has 0 unspecified atom stereocenters. The standard InChI is InChI=1S/C27H38O.2C4H6O2/c1-25(2,27-17-21-14-22(18-27)16-23(15-21)19-27)13-10-20-6-8-24(9-7-20)28-26(3)11-4-5-12-26;2*1-3(2)4(5)6/h6-10,13,21-23H,4-5,11-12,14-19H2,1-3H3;2*1H2,2H3,(H,5,6). The first-order chi connectivity index (χ1) is 18.6. The van der Waals surface area contributed by atoms with E-state index in [0.29, 0.717) is 5.41 Å². The fourth-order valence-electron chi connectivity index (χ4n) is 7.54. The van der Waals surface area contributed by atoms with Gasteiger partial charge in [-0.1, -0.05) is 51.3 Å². The van der Waals surface area contributed by atoms with Crippen LogP contribution in [0.15, 0.2) is 54.6 Å². The maximum atomic E-state index is 9.60. The molecule has 0 aliphatic heterocycles. The fraction of sp³-hybridized carbons (Fsp3) is 0.600. The molecule has 0 heterocycles. The Morgan fingerprint density at radius 3 is 1.65 bits per heavy atom. The SMILES string of the molecule is C=C(C)C(=O)O.C=C(C)C(=O)O.CC1(Oc2ccc(C=CC(C)(C)C34CC5CC(CC(C5)C3)C4)cc2)CCCC1. The lowest BCUT2D eigenvalue weighted by Crippen LogP contribution is -2.52. The lowest BCUT2D eigenvalue weighted by Gasteiger charge is -2.62. The minimum Gasteiger partial charge on any atom is -0.488 e. The molecule has 5 saturated carbocycles. The molecule has 6 rings (SSSR count). The van der Waals surface area contributed by atoms with Gasteiger partial charge >= 0.3 is 11.9 Å². The van der Waals surface area contributed by atoms with Crippen LogP contribution in [0.3, 0.4) is 0 Å². The van der Waals surface area contributed by atoms with E-state index in [2.05, 4.69) is 70.3 Å². The van der Waals surface area contributed by atoms with E-state index in [-0.39, 0.29) is 22.2 Å². The summed E-state index contributed by atoms with van der Waals surface area (Å²) in [4.78, 5) is 19.2. The molecule has 2 N–H and O–H groups in total. The Kier molecular flexibility index (Phi) is 10.1. The molecular weight excluding hydrogens is 500 g/mol. The molecule has 0 saturated heterocycles. The van der Waals surface area contributed by atoms with E-state index in [1.807, 2.05) is 0 Å². The predicted molar refractivity (Wildman–Crippen MR) is 162 cm³/mol. The average molecular weight is 551 g/mol. The summed E-state index contributed by atoms with van der Waals surface area (Å²) in [5.74, 6) is 2.22. The molecule has 1 aromatic carbocycles. The summed E-state index contributed by atoms with van der Waals surface area (Å²) in [5.41, 5.74) is 2.55. The zero-order chi connectivity index (χ0) is 29.7. The first kappa shape index (κ1) is 31.7. The Bertz CT molecular complexity index is 1020. The molecule has 0 radical (unpaired) electrons. The number of carbonyl (C=O) groups is 2. The van der Waals surface area contributed by atoms with Gasteiger partial charge in [0.05, 0.1) is 0 Å². The van der Waals surface area contributed by atoms with Crippen molar-refractivity contribution < 1.29 is 24.5 Å². The molecule has 40 heavy (non-hydrogen) atoms. The van der Waals surface area contributed by atoms with Crippen molar-refractivity contribution >= 4 is 18.0 Å². The van der Waals surface area contributed by atoms with Gasteiger partial charge in [0, 0.05) is 11.1 Å². The quantitative estimate of drug-likeness (QED) is 0.331. The van der Waals surface area contributed by atoms with Gasteiger partial charge in [-0.25, -0.2) is 9.59 Å². The maximum absolute atomic E-state index is 9.60. The summed E-state index contributed by atoms with van der Waals surface area (Å²) in [6.45, 7) is 16.5. The van der Waals surface area contributed by atoms with Crippen LogP contribution in [0.4, 0.5) is 0 Å². The maximum Gasteiger partial charge on any atom is 0.330 e. The van der Waals surface area contributed by atoms with Crippen molar-refractivity contribution in [1.82, 2.24) is 0 Å². The van der Waals surface area contributed by atoms with E-state index < -0.39 is 11.9 Å². The molecule has 0 amide bonds. The lowest BCUT2D eigenvalue weighted by molar-refractivity contribution is -0.133. The van der Waals surface area contributed by atoms with Gasteiger partial charge in [-0.15, -0.1) is 0 Å². The Morgan fingerprint density at radius 1 is 0.875 bits per heavy atom. The predicted octanol–water partition coefficient (Wildman–Crippen LogP) is 8.95. The highest BCUT2D eigenvalue weighted by Crippen LogP contribution is 2.66. The molecule has 4 bridgehead atoms. The van der Waals surface area contributed by atoms with Gasteiger partial charge in [0.1, 0.15) is 11.4 Å². The molecule has 1 aromatic rings. The van der Waals surface area contributed by atoms with Gasteiger partial charge in [-0.2, -0.15) is 0 Å². The first-order valence-corrected chi connectivity index (χ1v) is 14.9. The van der Waals surface area contributed by atoms with Crippen molar-refractivity contribution in [3.63, 3.8) is 0 Å². The Morgan fingerprint density at radius 2 is 1.27 bits per heavy atom. The zero-order valence-corrected chi connectivity index (χ0v) is 25.3. The molecule has 5 aliphatic carbocycles. The Balaban J connectivity index is 0.000000311. The largest absolute Gasteiger partial charge is 0.488 e. The van der Waals surface area contributed by atoms with E-state index in [9.17, 15) is 9.59 Å². The van der Waals surface area contributed by atoms with Gasteiger partial charge in [0.25, 0.3) is 0 Å². The molecule has 220 valence electrons. The number of hydrogen-bond acceptors (Lipinski definition) is 3. The van der Waals surface area contributed by atoms with E-state index in [1.165, 1.54) is 83.6 Å². The molecular formula is C35H50O5. The second-order valence-corrected chi connectivity index (χ2v) is 13.8. The second-order valence-electron chi connectivity index (χ2n) is 13.8. The third-order valence-corrected chi connectivity index (χ3v) is 9.73. The van der Waals surface area contributed by atoms with Crippen LogP contribution in [0.5, 0.6) is 5.75 Å². The third kappa shape index (κ3) is 8.11. The number of ether oxygens (including phenoxy) is 1. The minimum absolute atomic E-state index is 0.0534. The van der Waals surface area contributed by atoms with Crippen molar-refractivity contribution in [3.05, 3.63) is 60.2 Å². The zero-order valence-electron chi connectivity index (χ0n) is 25.3. The number of aliphatic carboxylic acids is 2. The van der Waals surface area contributed by atoms with Crippen LogP contribution in [-0.2, 0) is 9.59 Å². The van der Waals surface area contributed by atoms with Crippen molar-refractivity contribution in [1.29, 1.82) is 0 Å². The summed E-state index contributed by atoms with van der Waals surface area (Å²) >= 11 is 0. The van der Waals surface area contributed by atoms with Crippen LogP contribution >= 0.6 is 0 Å². The lowest BCUT2D eigenvalue weighted by atomic mass is 9.43. The average Bonchev–Trinajstić information content (AvgIpc) is 3.29. The third-order valence-electron chi connectivity index (χ3n) is 9.73. The number of rotatable bonds is 7. The summed E-state index contributed by atoms with van der Waals surface area (Å²) in [6.07, 6.45) is 18.9. The van der Waals surface area contributed by atoms with E-state index in [0.717, 1.165) is 23.5 Å². The van der Waals surface area contributed by atoms with Gasteiger partial charge in [-0.05, 0) is 131 Å². The topological polar surface area (TPSA) is 83.8 Å². The fourth-order valence-corrected chi connectivity index (χ4v) is 7.54. The van der Waals surface area contributed by atoms with Gasteiger partial charge in [-0.3, -0.25) is 0 Å². The Labute approximate surface area is 241 Å². The van der Waals surface area contributed by atoms with Gasteiger partial charge in [0.15, 0.2) is 0 Å². The minimum atomic E-state index is -0.935. The van der Waals surface area contributed by atoms with Crippen molar-refractivity contribution in [2.75, 3.05) is 0 Å². The van der Waals surface area contributed by atoms with E-state index in [4.69, 9.17) is 14.9 Å². The molecule has 5 aliphatic rings. The molecule has 5 heteroatoms. The molecule has 0 spiro atoms. The molecule has 0 aromatic heterocycles. The summed E-state index contributed by atoms with van der Waals surface area (Å²) < 4.78 is 6.30. The first-order valence-electron chi connectivity index (χ1n) is 14.9. The highest BCUT2D eigenvalue weighted by Gasteiger charge is 2.56. The summed E-state index contributed by atoms with van der Waals surface area (Å²) in [5, 5.41) is 15.8. The van der Waals surface area contributed by atoms with Crippen LogP contribution in [0.1, 0.15) is 104 Å². The number of allylic oxidation sites excluding steroid dienone is 1. The van der Waals surface area contributed by atoms with Crippen LogP contribution in [-0.4, -0.2) is 27.8 Å². The van der Waals surface area contributed by atoms with Crippen LogP contribution < -0.4 is 4.74 Å². The van der Waals surface area contributed by atoms with Gasteiger partial charge in [0.2, 0.25) is 0 Å². The van der Waals surface area contributed by atoms with Gasteiger partial charge < -0.3 is 14.9 Å². The highest BCUT2D eigenvalue weighted by atomic mass is 16.5. The normalized spacial score (nSPS) is 27.7. The monoisotopic (exact) mass is 550 g/mol. The van der Waals surface area contributed by atoms with Crippen molar-refractivity contribution in [2.45, 2.75) is 104 Å². The van der Waals surface area contributed by atoms with Crippen LogP contribution in [0.2, 0.25) is 0 Å². The van der Waals surface area contributed by atoms with E-state index >= 15 is 0 Å². The summed E-state index contributed by atoms with van der Waals surface area (Å²) in [6, 6.07) is 8.81. The molecule has 0 atom stereocenters. The van der Waals surface area contributed by atoms with Crippen molar-refractivity contribution in [3.8, 4) is 5.75 Å². The Hall–Kier alpha value is -2.82. The number of carboxylic acids is 2. The second kappa shape index (κ2) is 12.8. The molecule has 5 nitrogen and oxygen atoms in total. The van der Waals surface area contributed by atoms with E-state index in [1.54, 1.807) is 0 Å². The van der Waals surface area contributed by atoms with Crippen molar-refractivity contribution in [2.24, 2.45) is 28.6 Å². The summed E-state index contributed by atoms with van der Waals surface area (Å²) in [7, 11) is 0. The smallest absolute Gasteiger partial charge is 0.330 e.